The van der Waals surface area contributed by atoms with Crippen molar-refractivity contribution in [1.82, 2.24) is 4.98 Å². The van der Waals surface area contributed by atoms with E-state index < -0.39 is 5.82 Å². The van der Waals surface area contributed by atoms with Crippen LogP contribution in [0.15, 0.2) is 18.3 Å². The van der Waals surface area contributed by atoms with Gasteiger partial charge in [0.15, 0.2) is 5.78 Å². The number of hydrogen-bond donors (Lipinski definition) is 0. The third kappa shape index (κ3) is 2.90. The molecule has 0 aliphatic heterocycles. The molecule has 1 aliphatic carbocycles. The number of ketones is 1. The predicted octanol–water partition coefficient (Wildman–Crippen LogP) is 3.62. The van der Waals surface area contributed by atoms with Gasteiger partial charge in [-0.05, 0) is 30.9 Å². The van der Waals surface area contributed by atoms with Crippen LogP contribution in [0.5, 0.6) is 0 Å². The Hall–Kier alpha value is -1.25. The van der Waals surface area contributed by atoms with Gasteiger partial charge in [-0.2, -0.15) is 0 Å². The number of carbonyl (C=O) groups excluding carboxylic acids is 1. The van der Waals surface area contributed by atoms with Gasteiger partial charge in [-0.15, -0.1) is 0 Å². The van der Waals surface area contributed by atoms with Crippen molar-refractivity contribution in [3.63, 3.8) is 0 Å². The molecule has 1 heterocycles. The summed E-state index contributed by atoms with van der Waals surface area (Å²) in [5.41, 5.74) is 0.410. The molecule has 17 heavy (non-hydrogen) atoms. The first-order valence-electron chi connectivity index (χ1n) is 6.36. The third-order valence-corrected chi connectivity index (χ3v) is 3.71. The van der Waals surface area contributed by atoms with E-state index in [0.717, 1.165) is 31.9 Å². The molecule has 0 spiro atoms. The van der Waals surface area contributed by atoms with Crippen molar-refractivity contribution in [1.29, 1.82) is 0 Å². The monoisotopic (exact) mass is 235 g/mol. The molecule has 1 aromatic rings. The molecule has 0 bridgehead atoms. The highest BCUT2D eigenvalue weighted by Gasteiger charge is 2.27. The Bertz CT molecular complexity index is 388. The molecule has 2 nitrogen and oxygen atoms in total. The summed E-state index contributed by atoms with van der Waals surface area (Å²) in [5.74, 6) is 0.449. The van der Waals surface area contributed by atoms with Gasteiger partial charge in [0.25, 0.3) is 0 Å². The lowest BCUT2D eigenvalue weighted by atomic mass is 9.77. The molecule has 2 atom stereocenters. The maximum absolute atomic E-state index is 12.7. The number of carbonyl (C=O) groups is 1. The normalized spacial score (nSPS) is 24.6. The van der Waals surface area contributed by atoms with E-state index in [0.29, 0.717) is 11.6 Å². The van der Waals surface area contributed by atoms with Gasteiger partial charge in [-0.25, -0.2) is 4.39 Å². The van der Waals surface area contributed by atoms with Crippen LogP contribution in [0.4, 0.5) is 4.39 Å². The maximum Gasteiger partial charge on any atom is 0.184 e. The molecule has 0 saturated heterocycles. The van der Waals surface area contributed by atoms with E-state index in [-0.39, 0.29) is 11.7 Å². The SMILES string of the molecule is CCC1CCCC(C(=O)c2ccc(F)cn2)C1. The van der Waals surface area contributed by atoms with Crippen LogP contribution in [0.25, 0.3) is 0 Å². The second kappa shape index (κ2) is 5.39. The highest BCUT2D eigenvalue weighted by Crippen LogP contribution is 2.32. The van der Waals surface area contributed by atoms with Crippen LogP contribution in [0.3, 0.4) is 0 Å². The van der Waals surface area contributed by atoms with Crippen LogP contribution < -0.4 is 0 Å². The molecule has 3 heteroatoms. The topological polar surface area (TPSA) is 30.0 Å². The Morgan fingerprint density at radius 1 is 1.47 bits per heavy atom. The summed E-state index contributed by atoms with van der Waals surface area (Å²) in [6, 6.07) is 2.80. The lowest BCUT2D eigenvalue weighted by Gasteiger charge is -2.27. The van der Waals surface area contributed by atoms with Gasteiger partial charge in [0.1, 0.15) is 11.5 Å². The molecule has 1 saturated carbocycles. The highest BCUT2D eigenvalue weighted by atomic mass is 19.1. The predicted molar refractivity (Wildman–Crippen MR) is 64.3 cm³/mol. The van der Waals surface area contributed by atoms with Crippen LogP contribution in [-0.4, -0.2) is 10.8 Å². The largest absolute Gasteiger partial charge is 0.292 e. The van der Waals surface area contributed by atoms with Gasteiger partial charge in [-0.1, -0.05) is 26.2 Å². The van der Waals surface area contributed by atoms with Crippen molar-refractivity contribution in [2.24, 2.45) is 11.8 Å². The summed E-state index contributed by atoms with van der Waals surface area (Å²) in [7, 11) is 0. The molecule has 1 aliphatic rings. The lowest BCUT2D eigenvalue weighted by molar-refractivity contribution is 0.0856. The molecule has 2 rings (SSSR count). The van der Waals surface area contributed by atoms with E-state index in [1.165, 1.54) is 18.6 Å². The average Bonchev–Trinajstić information content (AvgIpc) is 2.39. The standard InChI is InChI=1S/C14H18FNO/c1-2-10-4-3-5-11(8-10)14(17)13-7-6-12(15)9-16-13/h6-7,9-11H,2-5,8H2,1H3. The van der Waals surface area contributed by atoms with Gasteiger partial charge in [0.05, 0.1) is 6.20 Å². The third-order valence-electron chi connectivity index (χ3n) is 3.71. The number of Topliss-reactive ketones (excluding diaryl/α,β-unsaturated/α-hetero) is 1. The fraction of sp³-hybridized carbons (Fsp3) is 0.571. The first kappa shape index (κ1) is 12.2. The molecule has 0 N–H and O–H groups in total. The Morgan fingerprint density at radius 2 is 2.29 bits per heavy atom. The minimum absolute atomic E-state index is 0.0863. The minimum Gasteiger partial charge on any atom is -0.292 e. The van der Waals surface area contributed by atoms with Gasteiger partial charge in [-0.3, -0.25) is 9.78 Å². The lowest BCUT2D eigenvalue weighted by Crippen LogP contribution is -2.23. The van der Waals surface area contributed by atoms with E-state index in [9.17, 15) is 9.18 Å². The van der Waals surface area contributed by atoms with Gasteiger partial charge < -0.3 is 0 Å². The van der Waals surface area contributed by atoms with Crippen molar-refractivity contribution >= 4 is 5.78 Å². The molecule has 0 aromatic carbocycles. The summed E-state index contributed by atoms with van der Waals surface area (Å²) in [5, 5.41) is 0. The summed E-state index contributed by atoms with van der Waals surface area (Å²) in [6.45, 7) is 2.17. The average molecular weight is 235 g/mol. The van der Waals surface area contributed by atoms with Gasteiger partial charge >= 0.3 is 0 Å². The summed E-state index contributed by atoms with van der Waals surface area (Å²) in [4.78, 5) is 16.1. The fourth-order valence-electron chi connectivity index (χ4n) is 2.63. The number of rotatable bonds is 3. The van der Waals surface area contributed by atoms with E-state index in [4.69, 9.17) is 0 Å². The maximum atomic E-state index is 12.7. The second-order valence-electron chi connectivity index (χ2n) is 4.86. The summed E-state index contributed by atoms with van der Waals surface area (Å²) in [6.07, 6.45) is 6.53. The van der Waals surface area contributed by atoms with Crippen molar-refractivity contribution in [2.75, 3.05) is 0 Å². The quantitative estimate of drug-likeness (QED) is 0.749. The number of nitrogens with zero attached hydrogens (tertiary/aromatic N) is 1. The molecular formula is C14H18FNO. The minimum atomic E-state index is -0.392. The zero-order valence-corrected chi connectivity index (χ0v) is 10.2. The van der Waals surface area contributed by atoms with Crippen LogP contribution in [-0.2, 0) is 0 Å². The summed E-state index contributed by atoms with van der Waals surface area (Å²) >= 11 is 0. The summed E-state index contributed by atoms with van der Waals surface area (Å²) < 4.78 is 12.7. The second-order valence-corrected chi connectivity index (χ2v) is 4.86. The smallest absolute Gasteiger partial charge is 0.184 e. The van der Waals surface area contributed by atoms with Crippen molar-refractivity contribution in [3.05, 3.63) is 29.8 Å². The Morgan fingerprint density at radius 3 is 2.94 bits per heavy atom. The molecule has 92 valence electrons. The zero-order chi connectivity index (χ0) is 12.3. The number of aromatic nitrogens is 1. The van der Waals surface area contributed by atoms with Gasteiger partial charge in [0.2, 0.25) is 0 Å². The van der Waals surface area contributed by atoms with Crippen LogP contribution in [0.1, 0.15) is 49.5 Å². The van der Waals surface area contributed by atoms with E-state index in [1.54, 1.807) is 0 Å². The molecule has 0 amide bonds. The molecular weight excluding hydrogens is 217 g/mol. The van der Waals surface area contributed by atoms with Crippen LogP contribution in [0.2, 0.25) is 0 Å². The molecule has 0 radical (unpaired) electrons. The Labute approximate surface area is 101 Å². The fourth-order valence-corrected chi connectivity index (χ4v) is 2.63. The van der Waals surface area contributed by atoms with E-state index in [2.05, 4.69) is 11.9 Å². The van der Waals surface area contributed by atoms with Crippen molar-refractivity contribution < 1.29 is 9.18 Å². The first-order chi connectivity index (χ1) is 8.20. The van der Waals surface area contributed by atoms with Crippen LogP contribution in [0, 0.1) is 17.7 Å². The molecule has 2 unspecified atom stereocenters. The Kier molecular flexibility index (Phi) is 3.87. The van der Waals surface area contributed by atoms with E-state index >= 15 is 0 Å². The highest BCUT2D eigenvalue weighted by molar-refractivity contribution is 5.96. The zero-order valence-electron chi connectivity index (χ0n) is 10.2. The van der Waals surface area contributed by atoms with Crippen molar-refractivity contribution in [3.8, 4) is 0 Å². The first-order valence-corrected chi connectivity index (χ1v) is 6.36. The Balaban J connectivity index is 2.06. The van der Waals surface area contributed by atoms with Crippen LogP contribution >= 0.6 is 0 Å². The van der Waals surface area contributed by atoms with Gasteiger partial charge in [0, 0.05) is 5.92 Å². The molecule has 1 aromatic heterocycles. The number of pyridine rings is 1. The van der Waals surface area contributed by atoms with E-state index in [1.807, 2.05) is 0 Å². The number of hydrogen-bond acceptors (Lipinski definition) is 2. The molecule has 1 fully saturated rings. The number of halogens is 1. The van der Waals surface area contributed by atoms with Crippen molar-refractivity contribution in [2.45, 2.75) is 39.0 Å².